The molecule has 0 heterocycles. The highest BCUT2D eigenvalue weighted by Crippen LogP contribution is 2.36. The van der Waals surface area contributed by atoms with E-state index in [1.54, 1.807) is 44.0 Å². The maximum absolute atomic E-state index is 11.2. The molecule has 0 saturated carbocycles. The molecule has 6 heteroatoms. The van der Waals surface area contributed by atoms with Crippen molar-refractivity contribution < 1.29 is 9.66 Å². The third-order valence-electron chi connectivity index (χ3n) is 2.64. The van der Waals surface area contributed by atoms with Crippen LogP contribution in [0.25, 0.3) is 0 Å². The van der Waals surface area contributed by atoms with Crippen molar-refractivity contribution in [1.82, 2.24) is 0 Å². The number of nitriles is 1. The van der Waals surface area contributed by atoms with Crippen LogP contribution in [0.4, 0.5) is 11.4 Å². The molecule has 1 rings (SSSR count). The third kappa shape index (κ3) is 3.58. The first-order chi connectivity index (χ1) is 9.01. The average molecular weight is 263 g/mol. The van der Waals surface area contributed by atoms with E-state index in [4.69, 9.17) is 10.00 Å². The van der Waals surface area contributed by atoms with E-state index in [2.05, 4.69) is 6.07 Å². The first kappa shape index (κ1) is 14.8. The summed E-state index contributed by atoms with van der Waals surface area (Å²) in [5, 5.41) is 20.0. The van der Waals surface area contributed by atoms with Crippen LogP contribution in [0.2, 0.25) is 0 Å². The molecule has 1 aromatic rings. The van der Waals surface area contributed by atoms with Crippen LogP contribution in [0.1, 0.15) is 13.8 Å². The number of nitro groups is 1. The van der Waals surface area contributed by atoms with Gasteiger partial charge in [-0.1, -0.05) is 6.07 Å². The Bertz CT molecular complexity index is 496. The fourth-order valence-corrected chi connectivity index (χ4v) is 1.82. The van der Waals surface area contributed by atoms with Gasteiger partial charge in [0.05, 0.1) is 23.5 Å². The highest BCUT2D eigenvalue weighted by atomic mass is 16.6. The van der Waals surface area contributed by atoms with E-state index in [1.807, 2.05) is 0 Å². The van der Waals surface area contributed by atoms with Gasteiger partial charge in [-0.15, -0.1) is 0 Å². The van der Waals surface area contributed by atoms with Crippen molar-refractivity contribution in [3.8, 4) is 11.8 Å². The van der Waals surface area contributed by atoms with E-state index in [0.29, 0.717) is 18.8 Å². The zero-order chi connectivity index (χ0) is 14.4. The van der Waals surface area contributed by atoms with Gasteiger partial charge in [-0.25, -0.2) is 0 Å². The summed E-state index contributed by atoms with van der Waals surface area (Å²) in [6.45, 7) is 4.34. The van der Waals surface area contributed by atoms with Gasteiger partial charge in [0.25, 0.3) is 0 Å². The molecule has 6 nitrogen and oxygen atoms in total. The smallest absolute Gasteiger partial charge is 0.333 e. The summed E-state index contributed by atoms with van der Waals surface area (Å²) >= 11 is 0. The summed E-state index contributed by atoms with van der Waals surface area (Å²) in [5.41, 5.74) is 0.398. The molecule has 0 radical (unpaired) electrons. The second-order valence-corrected chi connectivity index (χ2v) is 4.22. The Balaban J connectivity index is 3.16. The fraction of sp³-hybridized carbons (Fsp3) is 0.462. The van der Waals surface area contributed by atoms with Crippen LogP contribution in [0, 0.1) is 27.4 Å². The van der Waals surface area contributed by atoms with Gasteiger partial charge in [0.1, 0.15) is 5.69 Å². The molecule has 0 spiro atoms. The van der Waals surface area contributed by atoms with E-state index in [0.717, 1.165) is 0 Å². The Morgan fingerprint density at radius 3 is 2.79 bits per heavy atom. The van der Waals surface area contributed by atoms with E-state index >= 15 is 0 Å². The lowest BCUT2D eigenvalue weighted by atomic mass is 10.1. The fourth-order valence-electron chi connectivity index (χ4n) is 1.82. The molecule has 0 aliphatic carbocycles. The number of para-hydroxylation sites is 1. The first-order valence-electron chi connectivity index (χ1n) is 6.02. The Morgan fingerprint density at radius 1 is 1.58 bits per heavy atom. The molecule has 1 unspecified atom stereocenters. The number of anilines is 1. The van der Waals surface area contributed by atoms with E-state index in [9.17, 15) is 10.1 Å². The molecule has 1 atom stereocenters. The lowest BCUT2D eigenvalue weighted by Crippen LogP contribution is -2.24. The topological polar surface area (TPSA) is 79.4 Å². The molecule has 0 aliphatic heterocycles. The quantitative estimate of drug-likeness (QED) is 0.582. The lowest BCUT2D eigenvalue weighted by molar-refractivity contribution is -0.385. The van der Waals surface area contributed by atoms with Gasteiger partial charge in [-0.05, 0) is 26.0 Å². The van der Waals surface area contributed by atoms with Gasteiger partial charge in [-0.2, -0.15) is 5.26 Å². The number of ether oxygens (including phenoxy) is 1. The molecule has 0 bridgehead atoms. The van der Waals surface area contributed by atoms with Crippen LogP contribution in [-0.4, -0.2) is 25.1 Å². The molecule has 1 aromatic carbocycles. The van der Waals surface area contributed by atoms with Crippen molar-refractivity contribution in [2.45, 2.75) is 13.8 Å². The average Bonchev–Trinajstić information content (AvgIpc) is 2.38. The van der Waals surface area contributed by atoms with Crippen molar-refractivity contribution in [3.05, 3.63) is 28.3 Å². The zero-order valence-electron chi connectivity index (χ0n) is 11.3. The van der Waals surface area contributed by atoms with Gasteiger partial charge >= 0.3 is 5.69 Å². The normalized spacial score (nSPS) is 11.5. The van der Waals surface area contributed by atoms with Crippen LogP contribution >= 0.6 is 0 Å². The molecule has 0 aromatic heterocycles. The van der Waals surface area contributed by atoms with Gasteiger partial charge < -0.3 is 9.64 Å². The van der Waals surface area contributed by atoms with Crippen LogP contribution in [0.3, 0.4) is 0 Å². The molecule has 0 fully saturated rings. The second kappa shape index (κ2) is 6.59. The number of nitro benzene ring substituents is 1. The molecule has 19 heavy (non-hydrogen) atoms. The van der Waals surface area contributed by atoms with Gasteiger partial charge in [0.2, 0.25) is 0 Å². The molecule has 0 N–H and O–H groups in total. The number of rotatable bonds is 6. The minimum atomic E-state index is -0.451. The lowest BCUT2D eigenvalue weighted by Gasteiger charge is -2.21. The predicted octanol–water partition coefficient (Wildman–Crippen LogP) is 2.59. The van der Waals surface area contributed by atoms with E-state index < -0.39 is 4.92 Å². The van der Waals surface area contributed by atoms with Crippen LogP contribution in [-0.2, 0) is 0 Å². The van der Waals surface area contributed by atoms with Gasteiger partial charge in [-0.3, -0.25) is 10.1 Å². The predicted molar refractivity (Wildman–Crippen MR) is 72.3 cm³/mol. The summed E-state index contributed by atoms with van der Waals surface area (Å²) in [6.07, 6.45) is 0. The Hall–Kier alpha value is -2.29. The minimum Gasteiger partial charge on any atom is -0.487 e. The first-order valence-corrected chi connectivity index (χ1v) is 6.02. The Labute approximate surface area is 112 Å². The molecular weight excluding hydrogens is 246 g/mol. The number of nitrogens with zero attached hydrogens (tertiary/aromatic N) is 3. The molecule has 102 valence electrons. The maximum atomic E-state index is 11.2. The Kier molecular flexibility index (Phi) is 5.12. The standard InChI is InChI=1S/C13H17N3O3/c1-4-19-12-7-5-6-11(13(12)16(17)18)15(3)9-10(2)8-14/h5-7,10H,4,9H2,1-3H3. The van der Waals surface area contributed by atoms with Crippen molar-refractivity contribution >= 4 is 11.4 Å². The summed E-state index contributed by atoms with van der Waals surface area (Å²) in [6, 6.07) is 7.05. The molecule has 0 saturated heterocycles. The van der Waals surface area contributed by atoms with Crippen molar-refractivity contribution in [1.29, 1.82) is 5.26 Å². The zero-order valence-corrected chi connectivity index (χ0v) is 11.3. The molecule has 0 amide bonds. The number of hydrogen-bond acceptors (Lipinski definition) is 5. The molecular formula is C13H17N3O3. The third-order valence-corrected chi connectivity index (χ3v) is 2.64. The monoisotopic (exact) mass is 263 g/mol. The summed E-state index contributed by atoms with van der Waals surface area (Å²) in [5.74, 6) is 0.0433. The number of benzene rings is 1. The van der Waals surface area contributed by atoms with E-state index in [-0.39, 0.29) is 17.4 Å². The highest BCUT2D eigenvalue weighted by molar-refractivity contribution is 5.69. The summed E-state index contributed by atoms with van der Waals surface area (Å²) in [7, 11) is 1.73. The summed E-state index contributed by atoms with van der Waals surface area (Å²) in [4.78, 5) is 12.5. The van der Waals surface area contributed by atoms with Crippen molar-refractivity contribution in [2.75, 3.05) is 25.1 Å². The van der Waals surface area contributed by atoms with Crippen LogP contribution < -0.4 is 9.64 Å². The largest absolute Gasteiger partial charge is 0.487 e. The Morgan fingerprint density at radius 2 is 2.26 bits per heavy atom. The van der Waals surface area contributed by atoms with Gasteiger partial charge in [0, 0.05) is 13.6 Å². The van der Waals surface area contributed by atoms with Crippen molar-refractivity contribution in [2.24, 2.45) is 5.92 Å². The summed E-state index contributed by atoms with van der Waals surface area (Å²) < 4.78 is 5.29. The van der Waals surface area contributed by atoms with Crippen LogP contribution in [0.5, 0.6) is 5.75 Å². The second-order valence-electron chi connectivity index (χ2n) is 4.22. The molecule has 0 aliphatic rings. The van der Waals surface area contributed by atoms with Crippen LogP contribution in [0.15, 0.2) is 18.2 Å². The van der Waals surface area contributed by atoms with E-state index in [1.165, 1.54) is 0 Å². The highest BCUT2D eigenvalue weighted by Gasteiger charge is 2.23. The van der Waals surface area contributed by atoms with Gasteiger partial charge in [0.15, 0.2) is 5.75 Å². The SMILES string of the molecule is CCOc1cccc(N(C)CC(C)C#N)c1[N+](=O)[O-]. The van der Waals surface area contributed by atoms with Crippen molar-refractivity contribution in [3.63, 3.8) is 0 Å². The maximum Gasteiger partial charge on any atom is 0.333 e. The number of hydrogen-bond donors (Lipinski definition) is 0. The minimum absolute atomic E-state index is 0.0583.